The topological polar surface area (TPSA) is 45.2 Å². The van der Waals surface area contributed by atoms with Gasteiger partial charge in [0.1, 0.15) is 0 Å². The monoisotopic (exact) mass is 289 g/mol. The molecule has 0 bridgehead atoms. The number of nitrogens with one attached hydrogen (secondary N) is 1. The van der Waals surface area contributed by atoms with E-state index in [1.165, 1.54) is 31.2 Å². The van der Waals surface area contributed by atoms with Crippen LogP contribution in [0.4, 0.5) is 0 Å². The van der Waals surface area contributed by atoms with Crippen LogP contribution in [-0.2, 0) is 11.2 Å². The Hall–Kier alpha value is -1.42. The highest BCUT2D eigenvalue weighted by molar-refractivity contribution is 5.81. The fourth-order valence-electron chi connectivity index (χ4n) is 2.85. The normalized spacial score (nSPS) is 18.0. The smallest absolute Gasteiger partial charge is 0.237 e. The Bertz CT molecular complexity index is 413. The Morgan fingerprint density at radius 1 is 1.24 bits per heavy atom. The maximum Gasteiger partial charge on any atom is 0.237 e. The lowest BCUT2D eigenvalue weighted by molar-refractivity contribution is -0.125. The molecule has 0 aliphatic carbocycles. The van der Waals surface area contributed by atoms with Gasteiger partial charge in [-0.15, -0.1) is 0 Å². The molecule has 4 heteroatoms. The van der Waals surface area contributed by atoms with Gasteiger partial charge in [-0.2, -0.15) is 0 Å². The third-order valence-corrected chi connectivity index (χ3v) is 4.26. The number of aromatic nitrogens is 1. The van der Waals surface area contributed by atoms with Crippen LogP contribution in [0, 0.1) is 0 Å². The third kappa shape index (κ3) is 5.46. The Morgan fingerprint density at radius 2 is 1.90 bits per heavy atom. The number of rotatable bonds is 6. The molecular formula is C17H27N3O. The van der Waals surface area contributed by atoms with Crippen LogP contribution in [0.25, 0.3) is 0 Å². The summed E-state index contributed by atoms with van der Waals surface area (Å²) in [5, 5.41) is 3.07. The number of pyridine rings is 1. The van der Waals surface area contributed by atoms with Crippen molar-refractivity contribution in [2.24, 2.45) is 0 Å². The van der Waals surface area contributed by atoms with Gasteiger partial charge in [0.2, 0.25) is 5.91 Å². The summed E-state index contributed by atoms with van der Waals surface area (Å²) in [6.45, 7) is 4.90. The van der Waals surface area contributed by atoms with Gasteiger partial charge in [0.15, 0.2) is 0 Å². The van der Waals surface area contributed by atoms with Crippen LogP contribution < -0.4 is 5.32 Å². The summed E-state index contributed by atoms with van der Waals surface area (Å²) < 4.78 is 0. The van der Waals surface area contributed by atoms with Gasteiger partial charge < -0.3 is 5.32 Å². The van der Waals surface area contributed by atoms with Gasteiger partial charge in [-0.1, -0.05) is 12.8 Å². The van der Waals surface area contributed by atoms with Crippen molar-refractivity contribution in [3.8, 4) is 0 Å². The van der Waals surface area contributed by atoms with Crippen LogP contribution in [0.3, 0.4) is 0 Å². The molecule has 2 heterocycles. The van der Waals surface area contributed by atoms with E-state index in [-0.39, 0.29) is 11.9 Å². The lowest BCUT2D eigenvalue weighted by Crippen LogP contribution is -2.45. The lowest BCUT2D eigenvalue weighted by atomic mass is 10.1. The zero-order chi connectivity index (χ0) is 14.9. The molecule has 1 aromatic rings. The van der Waals surface area contributed by atoms with Crippen LogP contribution in [0.1, 0.15) is 44.6 Å². The number of hydrogen-bond donors (Lipinski definition) is 1. The largest absolute Gasteiger partial charge is 0.355 e. The minimum absolute atomic E-state index is 0.00373. The van der Waals surface area contributed by atoms with Crippen molar-refractivity contribution < 1.29 is 4.79 Å². The van der Waals surface area contributed by atoms with Crippen molar-refractivity contribution >= 4 is 5.91 Å². The maximum absolute atomic E-state index is 12.2. The van der Waals surface area contributed by atoms with Gasteiger partial charge in [0.05, 0.1) is 6.04 Å². The quantitative estimate of drug-likeness (QED) is 0.818. The highest BCUT2D eigenvalue weighted by Crippen LogP contribution is 2.12. The first kappa shape index (κ1) is 16.0. The highest BCUT2D eigenvalue weighted by atomic mass is 16.2. The molecule has 0 radical (unpaired) electrons. The van der Waals surface area contributed by atoms with E-state index in [9.17, 15) is 4.79 Å². The molecule has 1 unspecified atom stereocenters. The minimum atomic E-state index is 0.00373. The maximum atomic E-state index is 12.2. The second-order valence-corrected chi connectivity index (χ2v) is 5.88. The van der Waals surface area contributed by atoms with Gasteiger partial charge in [-0.05, 0) is 63.4 Å². The van der Waals surface area contributed by atoms with E-state index >= 15 is 0 Å². The van der Waals surface area contributed by atoms with Crippen LogP contribution in [-0.4, -0.2) is 41.5 Å². The number of carbonyl (C=O) groups is 1. The molecule has 1 atom stereocenters. The molecule has 1 amide bonds. The predicted octanol–water partition coefficient (Wildman–Crippen LogP) is 2.39. The van der Waals surface area contributed by atoms with Crippen molar-refractivity contribution in [3.05, 3.63) is 30.1 Å². The molecule has 1 saturated heterocycles. The number of carbonyl (C=O) groups excluding carboxylic acids is 1. The fourth-order valence-corrected chi connectivity index (χ4v) is 2.85. The van der Waals surface area contributed by atoms with E-state index in [0.29, 0.717) is 0 Å². The van der Waals surface area contributed by atoms with Gasteiger partial charge in [0, 0.05) is 18.9 Å². The molecule has 21 heavy (non-hydrogen) atoms. The molecule has 1 fully saturated rings. The van der Waals surface area contributed by atoms with Gasteiger partial charge >= 0.3 is 0 Å². The van der Waals surface area contributed by atoms with E-state index in [1.54, 1.807) is 0 Å². The van der Waals surface area contributed by atoms with Crippen molar-refractivity contribution in [1.29, 1.82) is 0 Å². The second-order valence-electron chi connectivity index (χ2n) is 5.88. The third-order valence-electron chi connectivity index (χ3n) is 4.26. The Kier molecular flexibility index (Phi) is 6.67. The van der Waals surface area contributed by atoms with E-state index in [4.69, 9.17) is 0 Å². The molecule has 1 N–H and O–H groups in total. The number of likely N-dealkylation sites (tertiary alicyclic amines) is 1. The average Bonchev–Trinajstić information content (AvgIpc) is 2.81. The molecule has 0 spiro atoms. The summed E-state index contributed by atoms with van der Waals surface area (Å²) in [6, 6.07) is 4.06. The van der Waals surface area contributed by atoms with Crippen LogP contribution >= 0.6 is 0 Å². The summed E-state index contributed by atoms with van der Waals surface area (Å²) in [7, 11) is 0. The summed E-state index contributed by atoms with van der Waals surface area (Å²) in [5.74, 6) is 0.173. The predicted molar refractivity (Wildman–Crippen MR) is 85.1 cm³/mol. The summed E-state index contributed by atoms with van der Waals surface area (Å²) in [4.78, 5) is 18.5. The van der Waals surface area contributed by atoms with Crippen LogP contribution in [0.15, 0.2) is 24.5 Å². The summed E-state index contributed by atoms with van der Waals surface area (Å²) in [5.41, 5.74) is 1.28. The van der Waals surface area contributed by atoms with E-state index in [0.717, 1.165) is 32.5 Å². The van der Waals surface area contributed by atoms with Crippen molar-refractivity contribution in [2.75, 3.05) is 19.6 Å². The lowest BCUT2D eigenvalue weighted by Gasteiger charge is -2.26. The number of nitrogens with zero attached hydrogens (tertiary/aromatic N) is 2. The minimum Gasteiger partial charge on any atom is -0.355 e. The highest BCUT2D eigenvalue weighted by Gasteiger charge is 2.21. The van der Waals surface area contributed by atoms with Crippen molar-refractivity contribution in [3.63, 3.8) is 0 Å². The van der Waals surface area contributed by atoms with Crippen molar-refractivity contribution in [2.45, 2.75) is 51.5 Å². The summed E-state index contributed by atoms with van der Waals surface area (Å²) >= 11 is 0. The van der Waals surface area contributed by atoms with Crippen LogP contribution in [0.5, 0.6) is 0 Å². The first-order valence-corrected chi connectivity index (χ1v) is 8.18. The first-order valence-electron chi connectivity index (χ1n) is 8.18. The molecule has 2 rings (SSSR count). The molecule has 1 aromatic heterocycles. The summed E-state index contributed by atoms with van der Waals surface area (Å²) in [6.07, 6.45) is 10.6. The molecule has 1 aliphatic heterocycles. The van der Waals surface area contributed by atoms with Gasteiger partial charge in [-0.3, -0.25) is 14.7 Å². The van der Waals surface area contributed by atoms with E-state index in [2.05, 4.69) is 15.2 Å². The van der Waals surface area contributed by atoms with Gasteiger partial charge in [0.25, 0.3) is 0 Å². The average molecular weight is 289 g/mol. The number of amides is 1. The Labute approximate surface area is 127 Å². The molecule has 116 valence electrons. The number of hydrogen-bond acceptors (Lipinski definition) is 3. The van der Waals surface area contributed by atoms with Crippen LogP contribution in [0.2, 0.25) is 0 Å². The standard InChI is InChI=1S/C17H27N3O/c1-15(20-13-4-2-3-5-14-20)17(21)19-10-6-7-16-8-11-18-12-9-16/h8-9,11-12,15H,2-7,10,13-14H2,1H3,(H,19,21). The van der Waals surface area contributed by atoms with E-state index in [1.807, 2.05) is 31.5 Å². The first-order chi connectivity index (χ1) is 10.3. The molecule has 1 aliphatic rings. The zero-order valence-electron chi connectivity index (χ0n) is 13.1. The Morgan fingerprint density at radius 3 is 2.57 bits per heavy atom. The molecule has 0 aromatic carbocycles. The van der Waals surface area contributed by atoms with Crippen molar-refractivity contribution in [1.82, 2.24) is 15.2 Å². The van der Waals surface area contributed by atoms with E-state index < -0.39 is 0 Å². The second kappa shape index (κ2) is 8.78. The fraction of sp³-hybridized carbons (Fsp3) is 0.647. The SMILES string of the molecule is CC(C(=O)NCCCc1ccncc1)N1CCCCCC1. The molecule has 0 saturated carbocycles. The molecule has 4 nitrogen and oxygen atoms in total. The zero-order valence-corrected chi connectivity index (χ0v) is 13.1. The number of aryl methyl sites for hydroxylation is 1. The molecular weight excluding hydrogens is 262 g/mol. The van der Waals surface area contributed by atoms with Gasteiger partial charge in [-0.25, -0.2) is 0 Å². The Balaban J connectivity index is 1.66.